The molecule has 6 heteroatoms. The van der Waals surface area contributed by atoms with E-state index < -0.39 is 6.04 Å². The molecular weight excluding hydrogens is 308 g/mol. The largest absolute Gasteiger partial charge is 0.456 e. The van der Waals surface area contributed by atoms with Gasteiger partial charge in [-0.15, -0.1) is 0 Å². The van der Waals surface area contributed by atoms with E-state index in [9.17, 15) is 9.59 Å². The summed E-state index contributed by atoms with van der Waals surface area (Å²) in [5.41, 5.74) is 2.30. The molecule has 1 aromatic heterocycles. The van der Waals surface area contributed by atoms with E-state index in [0.29, 0.717) is 18.8 Å². The van der Waals surface area contributed by atoms with Crippen molar-refractivity contribution in [1.29, 1.82) is 0 Å². The molecule has 1 atom stereocenters. The average Bonchev–Trinajstić information content (AvgIpc) is 2.89. The van der Waals surface area contributed by atoms with E-state index in [2.05, 4.69) is 10.3 Å². The monoisotopic (exact) mass is 336 g/mol. The van der Waals surface area contributed by atoms with Crippen molar-refractivity contribution in [2.24, 2.45) is 5.92 Å². The summed E-state index contributed by atoms with van der Waals surface area (Å²) >= 11 is 0. The number of rotatable bonds is 7. The lowest BCUT2D eigenvalue weighted by Gasteiger charge is -2.29. The fourth-order valence-corrected chi connectivity index (χ4v) is 2.97. The Morgan fingerprint density at radius 1 is 1.33 bits per heavy atom. The Bertz CT molecular complexity index is 574. The minimum absolute atomic E-state index is 0.0895. The number of aryl methyl sites for hydroxylation is 2. The summed E-state index contributed by atoms with van der Waals surface area (Å²) in [5.74, 6) is -0.458. The van der Waals surface area contributed by atoms with Gasteiger partial charge in [0.15, 0.2) is 6.61 Å². The van der Waals surface area contributed by atoms with Crippen LogP contribution in [0.2, 0.25) is 0 Å². The smallest absolute Gasteiger partial charge is 0.323 e. The van der Waals surface area contributed by atoms with Crippen LogP contribution in [0.5, 0.6) is 0 Å². The first kappa shape index (κ1) is 18.7. The number of H-pyrrole nitrogens is 1. The zero-order valence-electron chi connectivity index (χ0n) is 15.0. The fraction of sp³-hybridized carbons (Fsp3) is 0.667. The van der Waals surface area contributed by atoms with E-state index >= 15 is 0 Å². The highest BCUT2D eigenvalue weighted by molar-refractivity contribution is 5.99. The predicted molar refractivity (Wildman–Crippen MR) is 91.2 cm³/mol. The molecule has 0 aromatic carbocycles. The third-order valence-corrected chi connectivity index (χ3v) is 4.35. The lowest BCUT2D eigenvalue weighted by atomic mass is 10.0. The maximum absolute atomic E-state index is 12.4. The van der Waals surface area contributed by atoms with Gasteiger partial charge in [-0.3, -0.25) is 9.59 Å². The van der Waals surface area contributed by atoms with E-state index in [1.807, 2.05) is 27.7 Å². The van der Waals surface area contributed by atoms with Gasteiger partial charge in [0.05, 0.1) is 0 Å². The standard InChI is InChI=1S/C18H28N2O4/c1-11(2)17(20-14-5-7-23-8-6-14)18(22)24-10-16(21)15-9-12(3)19-13(15)4/h9,11,14,17,19-20H,5-8,10H2,1-4H3/t17-/m1/s1. The molecule has 0 aliphatic carbocycles. The van der Waals surface area contributed by atoms with Crippen LogP contribution in [0.3, 0.4) is 0 Å². The molecule has 0 amide bonds. The van der Waals surface area contributed by atoms with Crippen LogP contribution >= 0.6 is 0 Å². The first-order chi connectivity index (χ1) is 11.4. The lowest BCUT2D eigenvalue weighted by molar-refractivity contribution is -0.146. The Morgan fingerprint density at radius 2 is 2.00 bits per heavy atom. The number of aromatic amines is 1. The summed E-state index contributed by atoms with van der Waals surface area (Å²) in [6.45, 7) is 8.87. The van der Waals surface area contributed by atoms with E-state index in [-0.39, 0.29) is 30.3 Å². The second-order valence-electron chi connectivity index (χ2n) is 6.80. The van der Waals surface area contributed by atoms with Crippen molar-refractivity contribution in [1.82, 2.24) is 10.3 Å². The molecule has 134 valence electrons. The number of aromatic nitrogens is 1. The summed E-state index contributed by atoms with van der Waals surface area (Å²) in [5, 5.41) is 3.36. The molecule has 1 fully saturated rings. The second-order valence-corrected chi connectivity index (χ2v) is 6.80. The van der Waals surface area contributed by atoms with Crippen molar-refractivity contribution in [3.05, 3.63) is 23.0 Å². The Morgan fingerprint density at radius 3 is 2.54 bits per heavy atom. The fourth-order valence-electron chi connectivity index (χ4n) is 2.97. The molecule has 6 nitrogen and oxygen atoms in total. The van der Waals surface area contributed by atoms with E-state index in [4.69, 9.17) is 9.47 Å². The third-order valence-electron chi connectivity index (χ3n) is 4.35. The zero-order chi connectivity index (χ0) is 17.7. The molecule has 24 heavy (non-hydrogen) atoms. The normalized spacial score (nSPS) is 17.0. The topological polar surface area (TPSA) is 80.4 Å². The minimum Gasteiger partial charge on any atom is -0.456 e. The number of hydrogen-bond donors (Lipinski definition) is 2. The maximum Gasteiger partial charge on any atom is 0.323 e. The number of carbonyl (C=O) groups is 2. The number of ketones is 1. The predicted octanol–water partition coefficient (Wildman–Crippen LogP) is 2.15. The zero-order valence-corrected chi connectivity index (χ0v) is 15.0. The van der Waals surface area contributed by atoms with Crippen LogP contribution in [0, 0.1) is 19.8 Å². The van der Waals surface area contributed by atoms with Gasteiger partial charge >= 0.3 is 5.97 Å². The quantitative estimate of drug-likeness (QED) is 0.589. The van der Waals surface area contributed by atoms with Crippen molar-refractivity contribution < 1.29 is 19.1 Å². The first-order valence-corrected chi connectivity index (χ1v) is 8.58. The van der Waals surface area contributed by atoms with E-state index in [0.717, 1.165) is 24.2 Å². The van der Waals surface area contributed by atoms with E-state index in [1.165, 1.54) is 0 Å². The van der Waals surface area contributed by atoms with Crippen LogP contribution in [0.15, 0.2) is 6.07 Å². The number of Topliss-reactive ketones (excluding diaryl/α,β-unsaturated/α-hetero) is 1. The maximum atomic E-state index is 12.4. The van der Waals surface area contributed by atoms with Gasteiger partial charge in [0.1, 0.15) is 6.04 Å². The van der Waals surface area contributed by atoms with Crippen LogP contribution in [-0.2, 0) is 14.3 Å². The lowest BCUT2D eigenvalue weighted by Crippen LogP contribution is -2.49. The van der Waals surface area contributed by atoms with Crippen LogP contribution < -0.4 is 5.32 Å². The van der Waals surface area contributed by atoms with Crippen molar-refractivity contribution in [2.45, 2.75) is 52.6 Å². The highest BCUT2D eigenvalue weighted by atomic mass is 16.5. The highest BCUT2D eigenvalue weighted by Gasteiger charge is 2.28. The summed E-state index contributed by atoms with van der Waals surface area (Å²) in [7, 11) is 0. The Hall–Kier alpha value is -1.66. The van der Waals surface area contributed by atoms with Gasteiger partial charge in [-0.05, 0) is 38.7 Å². The summed E-state index contributed by atoms with van der Waals surface area (Å²) in [4.78, 5) is 27.7. The molecule has 2 rings (SSSR count). The number of nitrogens with one attached hydrogen (secondary N) is 2. The molecule has 1 saturated heterocycles. The van der Waals surface area contributed by atoms with Crippen molar-refractivity contribution in [2.75, 3.05) is 19.8 Å². The van der Waals surface area contributed by atoms with Gasteiger partial charge in [-0.2, -0.15) is 0 Å². The molecule has 0 saturated carbocycles. The molecule has 0 spiro atoms. The van der Waals surface area contributed by atoms with Gasteiger partial charge in [0.2, 0.25) is 5.78 Å². The minimum atomic E-state index is -0.407. The Labute approximate surface area is 143 Å². The molecule has 0 bridgehead atoms. The van der Waals surface area contributed by atoms with Gasteiger partial charge < -0.3 is 19.8 Å². The third kappa shape index (κ3) is 4.92. The summed E-state index contributed by atoms with van der Waals surface area (Å²) < 4.78 is 10.6. The SMILES string of the molecule is Cc1cc(C(=O)COC(=O)[C@H](NC2CCOCC2)C(C)C)c(C)[nH]1. The number of carbonyl (C=O) groups excluding carboxylic acids is 2. The molecule has 0 unspecified atom stereocenters. The first-order valence-electron chi connectivity index (χ1n) is 8.58. The van der Waals surface area contributed by atoms with Gasteiger partial charge in [-0.1, -0.05) is 13.8 Å². The van der Waals surface area contributed by atoms with Crippen LogP contribution in [0.25, 0.3) is 0 Å². The van der Waals surface area contributed by atoms with E-state index in [1.54, 1.807) is 6.07 Å². The Balaban J connectivity index is 1.90. The molecular formula is C18H28N2O4. The summed E-state index contributed by atoms with van der Waals surface area (Å²) in [6.07, 6.45) is 1.77. The van der Waals surface area contributed by atoms with Crippen molar-refractivity contribution in [3.8, 4) is 0 Å². The molecule has 2 N–H and O–H groups in total. The van der Waals surface area contributed by atoms with Crippen molar-refractivity contribution >= 4 is 11.8 Å². The summed E-state index contributed by atoms with van der Waals surface area (Å²) in [6, 6.07) is 1.63. The molecule has 1 aromatic rings. The second kappa shape index (κ2) is 8.44. The molecule has 0 radical (unpaired) electrons. The highest BCUT2D eigenvalue weighted by Crippen LogP contribution is 2.13. The number of hydrogen-bond acceptors (Lipinski definition) is 5. The van der Waals surface area contributed by atoms with Crippen LogP contribution in [-0.4, -0.2) is 48.6 Å². The average molecular weight is 336 g/mol. The number of ether oxygens (including phenoxy) is 2. The van der Waals surface area contributed by atoms with Gasteiger partial charge in [-0.25, -0.2) is 0 Å². The van der Waals surface area contributed by atoms with Crippen LogP contribution in [0.4, 0.5) is 0 Å². The number of esters is 1. The van der Waals surface area contributed by atoms with Gasteiger partial charge in [0.25, 0.3) is 0 Å². The van der Waals surface area contributed by atoms with Gasteiger partial charge in [0, 0.05) is 36.2 Å². The Kier molecular flexibility index (Phi) is 6.57. The molecule has 2 heterocycles. The molecule has 1 aliphatic heterocycles. The van der Waals surface area contributed by atoms with Crippen molar-refractivity contribution in [3.63, 3.8) is 0 Å². The van der Waals surface area contributed by atoms with Crippen LogP contribution in [0.1, 0.15) is 48.4 Å². The molecule has 1 aliphatic rings.